The first-order valence-electron chi connectivity index (χ1n) is 4.08. The highest BCUT2D eigenvalue weighted by atomic mass is 35.5. The molecule has 0 unspecified atom stereocenters. The Morgan fingerprint density at radius 3 is 2.80 bits per heavy atom. The maximum atomic E-state index is 11.8. The SMILES string of the molecule is O=C(c1ncco1)c1cccc(Cl)c1Cl. The molecule has 2 aromatic rings. The van der Waals surface area contributed by atoms with Gasteiger partial charge in [0.25, 0.3) is 5.89 Å². The average molecular weight is 242 g/mol. The van der Waals surface area contributed by atoms with Gasteiger partial charge in [0.2, 0.25) is 5.78 Å². The number of hydrogen-bond donors (Lipinski definition) is 0. The number of aromatic nitrogens is 1. The molecule has 0 radical (unpaired) electrons. The molecule has 15 heavy (non-hydrogen) atoms. The lowest BCUT2D eigenvalue weighted by Crippen LogP contribution is -2.02. The van der Waals surface area contributed by atoms with Crippen molar-refractivity contribution in [2.75, 3.05) is 0 Å². The smallest absolute Gasteiger partial charge is 0.268 e. The molecule has 0 aliphatic carbocycles. The first kappa shape index (κ1) is 10.2. The summed E-state index contributed by atoms with van der Waals surface area (Å²) in [5.74, 6) is -0.383. The topological polar surface area (TPSA) is 43.1 Å². The zero-order valence-corrected chi connectivity index (χ0v) is 8.92. The lowest BCUT2D eigenvalue weighted by molar-refractivity contribution is 0.100. The normalized spacial score (nSPS) is 10.3. The van der Waals surface area contributed by atoms with E-state index in [0.29, 0.717) is 5.02 Å². The molecule has 1 aromatic carbocycles. The minimum Gasteiger partial charge on any atom is -0.442 e. The molecule has 5 heteroatoms. The third-order valence-electron chi connectivity index (χ3n) is 1.82. The highest BCUT2D eigenvalue weighted by molar-refractivity contribution is 6.44. The Hall–Kier alpha value is -1.32. The van der Waals surface area contributed by atoms with Gasteiger partial charge in [-0.3, -0.25) is 4.79 Å². The summed E-state index contributed by atoms with van der Waals surface area (Å²) in [5.41, 5.74) is 0.284. The van der Waals surface area contributed by atoms with Crippen LogP contribution in [0.2, 0.25) is 10.0 Å². The average Bonchev–Trinajstić information content (AvgIpc) is 2.74. The van der Waals surface area contributed by atoms with E-state index in [1.807, 2.05) is 0 Å². The molecule has 1 heterocycles. The Balaban J connectivity index is 2.47. The highest BCUT2D eigenvalue weighted by Crippen LogP contribution is 2.26. The van der Waals surface area contributed by atoms with Crippen LogP contribution in [0, 0.1) is 0 Å². The van der Waals surface area contributed by atoms with E-state index in [1.54, 1.807) is 18.2 Å². The molecular formula is C10H5Cl2NO2. The van der Waals surface area contributed by atoms with Crippen molar-refractivity contribution >= 4 is 29.0 Å². The van der Waals surface area contributed by atoms with Crippen molar-refractivity contribution in [3.05, 3.63) is 52.2 Å². The summed E-state index contributed by atoms with van der Waals surface area (Å²) in [6, 6.07) is 4.82. The molecule has 0 spiro atoms. The first-order chi connectivity index (χ1) is 7.20. The summed E-state index contributed by atoms with van der Waals surface area (Å²) in [6.07, 6.45) is 2.72. The van der Waals surface area contributed by atoms with Gasteiger partial charge < -0.3 is 4.42 Å². The van der Waals surface area contributed by atoms with Crippen LogP contribution in [-0.4, -0.2) is 10.8 Å². The molecule has 1 aromatic heterocycles. The van der Waals surface area contributed by atoms with E-state index in [9.17, 15) is 4.79 Å². The number of carbonyl (C=O) groups excluding carboxylic acids is 1. The quantitative estimate of drug-likeness (QED) is 0.759. The molecule has 0 saturated carbocycles. The van der Waals surface area contributed by atoms with Crippen LogP contribution in [0.25, 0.3) is 0 Å². The molecule has 0 amide bonds. The monoisotopic (exact) mass is 241 g/mol. The maximum absolute atomic E-state index is 11.8. The molecule has 76 valence electrons. The van der Waals surface area contributed by atoms with Crippen LogP contribution in [0.15, 0.2) is 35.1 Å². The summed E-state index contributed by atoms with van der Waals surface area (Å²) >= 11 is 11.7. The number of nitrogens with zero attached hydrogens (tertiary/aromatic N) is 1. The highest BCUT2D eigenvalue weighted by Gasteiger charge is 2.17. The summed E-state index contributed by atoms with van der Waals surface area (Å²) in [6.45, 7) is 0. The zero-order valence-electron chi connectivity index (χ0n) is 7.41. The third kappa shape index (κ3) is 1.89. The van der Waals surface area contributed by atoms with Crippen molar-refractivity contribution in [2.24, 2.45) is 0 Å². The number of ketones is 1. The number of hydrogen-bond acceptors (Lipinski definition) is 3. The van der Waals surface area contributed by atoms with Gasteiger partial charge in [-0.15, -0.1) is 0 Å². The van der Waals surface area contributed by atoms with Gasteiger partial charge in [-0.1, -0.05) is 29.3 Å². The fourth-order valence-electron chi connectivity index (χ4n) is 1.13. The Labute approximate surface area is 95.6 Å². The Bertz CT molecular complexity index is 494. The van der Waals surface area contributed by atoms with Crippen LogP contribution in [0.4, 0.5) is 0 Å². The van der Waals surface area contributed by atoms with Crippen LogP contribution >= 0.6 is 23.2 Å². The van der Waals surface area contributed by atoms with E-state index in [1.165, 1.54) is 12.5 Å². The van der Waals surface area contributed by atoms with Crippen molar-refractivity contribution in [3.63, 3.8) is 0 Å². The molecule has 0 aliphatic heterocycles. The third-order valence-corrected chi connectivity index (χ3v) is 2.64. The zero-order chi connectivity index (χ0) is 10.8. The molecule has 0 N–H and O–H groups in total. The predicted molar refractivity (Wildman–Crippen MR) is 56.4 cm³/mol. The Morgan fingerprint density at radius 1 is 1.33 bits per heavy atom. The fourth-order valence-corrected chi connectivity index (χ4v) is 1.52. The number of benzene rings is 1. The Morgan fingerprint density at radius 2 is 2.13 bits per heavy atom. The van der Waals surface area contributed by atoms with Gasteiger partial charge in [-0.05, 0) is 12.1 Å². The van der Waals surface area contributed by atoms with E-state index >= 15 is 0 Å². The number of oxazole rings is 1. The second-order valence-electron chi connectivity index (χ2n) is 2.77. The van der Waals surface area contributed by atoms with E-state index in [0.717, 1.165) is 0 Å². The predicted octanol–water partition coefficient (Wildman–Crippen LogP) is 3.21. The number of carbonyl (C=O) groups is 1. The van der Waals surface area contributed by atoms with Crippen molar-refractivity contribution < 1.29 is 9.21 Å². The lowest BCUT2D eigenvalue weighted by atomic mass is 10.1. The minimum atomic E-state index is -0.382. The van der Waals surface area contributed by atoms with Crippen LogP contribution < -0.4 is 0 Å². The second-order valence-corrected chi connectivity index (χ2v) is 3.55. The van der Waals surface area contributed by atoms with E-state index < -0.39 is 0 Å². The molecule has 3 nitrogen and oxygen atoms in total. The summed E-state index contributed by atoms with van der Waals surface area (Å²) in [4.78, 5) is 15.5. The second kappa shape index (κ2) is 4.04. The molecule has 0 bridgehead atoms. The molecule has 0 atom stereocenters. The van der Waals surface area contributed by atoms with Gasteiger partial charge in [0.1, 0.15) is 6.26 Å². The summed E-state index contributed by atoms with van der Waals surface area (Å²) < 4.78 is 4.88. The standard InChI is InChI=1S/C10H5Cl2NO2/c11-7-3-1-2-6(8(7)12)9(14)10-13-4-5-15-10/h1-5H. The van der Waals surface area contributed by atoms with Crippen LogP contribution in [-0.2, 0) is 0 Å². The summed E-state index contributed by atoms with van der Waals surface area (Å²) in [5, 5.41) is 0.538. The van der Waals surface area contributed by atoms with Gasteiger partial charge in [0, 0.05) is 5.56 Å². The van der Waals surface area contributed by atoms with E-state index in [4.69, 9.17) is 27.6 Å². The van der Waals surface area contributed by atoms with Gasteiger partial charge in [-0.25, -0.2) is 4.98 Å². The molecule has 2 rings (SSSR count). The van der Waals surface area contributed by atoms with Gasteiger partial charge in [0.05, 0.1) is 16.2 Å². The molecule has 0 fully saturated rings. The van der Waals surface area contributed by atoms with Gasteiger partial charge in [0.15, 0.2) is 0 Å². The first-order valence-corrected chi connectivity index (χ1v) is 4.84. The fraction of sp³-hybridized carbons (Fsp3) is 0. The minimum absolute atomic E-state index is 0.000772. The van der Waals surface area contributed by atoms with Crippen molar-refractivity contribution in [1.82, 2.24) is 4.98 Å². The van der Waals surface area contributed by atoms with Crippen LogP contribution in [0.5, 0.6) is 0 Å². The number of halogens is 2. The van der Waals surface area contributed by atoms with Crippen LogP contribution in [0.3, 0.4) is 0 Å². The van der Waals surface area contributed by atoms with E-state index in [-0.39, 0.29) is 22.3 Å². The molecule has 0 saturated heterocycles. The van der Waals surface area contributed by atoms with Gasteiger partial charge >= 0.3 is 0 Å². The van der Waals surface area contributed by atoms with Crippen molar-refractivity contribution in [1.29, 1.82) is 0 Å². The van der Waals surface area contributed by atoms with Crippen LogP contribution in [0.1, 0.15) is 16.2 Å². The Kier molecular flexibility index (Phi) is 2.75. The van der Waals surface area contributed by atoms with Crippen molar-refractivity contribution in [3.8, 4) is 0 Å². The molecule has 0 aliphatic rings. The van der Waals surface area contributed by atoms with E-state index in [2.05, 4.69) is 4.98 Å². The molecular weight excluding hydrogens is 237 g/mol. The number of rotatable bonds is 2. The van der Waals surface area contributed by atoms with Gasteiger partial charge in [-0.2, -0.15) is 0 Å². The lowest BCUT2D eigenvalue weighted by Gasteiger charge is -2.01. The van der Waals surface area contributed by atoms with Crippen molar-refractivity contribution in [2.45, 2.75) is 0 Å². The maximum Gasteiger partial charge on any atom is 0.268 e. The summed E-state index contributed by atoms with van der Waals surface area (Å²) in [7, 11) is 0. The largest absolute Gasteiger partial charge is 0.442 e.